The number of nitrogens with one attached hydrogen (secondary N) is 1. The number of nitrogens with zero attached hydrogens (tertiary/aromatic N) is 1. The Kier molecular flexibility index (Phi) is 4.16. The van der Waals surface area contributed by atoms with Crippen LogP contribution in [0.4, 0.5) is 11.4 Å². The van der Waals surface area contributed by atoms with E-state index in [4.69, 9.17) is 9.73 Å². The minimum atomic E-state index is -0.160. The molecule has 2 aromatic carbocycles. The van der Waals surface area contributed by atoms with Gasteiger partial charge in [0.2, 0.25) is 0 Å². The van der Waals surface area contributed by atoms with Gasteiger partial charge in [0, 0.05) is 11.1 Å². The van der Waals surface area contributed by atoms with E-state index < -0.39 is 0 Å². The summed E-state index contributed by atoms with van der Waals surface area (Å²) in [6, 6.07) is 12.7. The zero-order valence-corrected chi connectivity index (χ0v) is 17.3. The summed E-state index contributed by atoms with van der Waals surface area (Å²) in [7, 11) is 5.28. The van der Waals surface area contributed by atoms with Gasteiger partial charge in [-0.15, -0.1) is 0 Å². The van der Waals surface area contributed by atoms with Gasteiger partial charge in [0.1, 0.15) is 10.4 Å². The fourth-order valence-corrected chi connectivity index (χ4v) is 6.27. The number of methoxy groups -OCH3 is 1. The first-order valence-corrected chi connectivity index (χ1v) is 10.8. The summed E-state index contributed by atoms with van der Waals surface area (Å²) in [5.41, 5.74) is 6.74. The van der Waals surface area contributed by atoms with E-state index in [1.165, 1.54) is 27.1 Å². The number of ether oxygens (including phenoxy) is 1. The third-order valence-electron chi connectivity index (χ3n) is 4.65. The maximum atomic E-state index is 5.66. The SMILES string of the molecule is COc1cc(C)cc2c1NC(C)(C)c1ssc(=Nc3ccc(C)cc3)c1-2. The molecule has 2 heterocycles. The van der Waals surface area contributed by atoms with E-state index in [0.717, 1.165) is 21.8 Å². The van der Waals surface area contributed by atoms with Crippen molar-refractivity contribution in [3.05, 3.63) is 57.1 Å². The van der Waals surface area contributed by atoms with E-state index in [9.17, 15) is 0 Å². The molecule has 134 valence electrons. The highest BCUT2D eigenvalue weighted by molar-refractivity contribution is 7.68. The average molecular weight is 383 g/mol. The number of anilines is 1. The maximum absolute atomic E-state index is 5.66. The van der Waals surface area contributed by atoms with Gasteiger partial charge in [-0.3, -0.25) is 0 Å². The molecule has 4 rings (SSSR count). The van der Waals surface area contributed by atoms with Crippen LogP contribution in [0.1, 0.15) is 29.9 Å². The van der Waals surface area contributed by atoms with Crippen molar-refractivity contribution in [3.8, 4) is 16.9 Å². The first kappa shape index (κ1) is 17.3. The van der Waals surface area contributed by atoms with Crippen molar-refractivity contribution in [2.24, 2.45) is 4.99 Å². The number of benzene rings is 2. The topological polar surface area (TPSA) is 33.6 Å². The molecule has 3 aromatic rings. The smallest absolute Gasteiger partial charge is 0.142 e. The first-order chi connectivity index (χ1) is 12.4. The Morgan fingerprint density at radius 2 is 1.73 bits per heavy atom. The van der Waals surface area contributed by atoms with Crippen molar-refractivity contribution in [2.45, 2.75) is 33.2 Å². The molecule has 26 heavy (non-hydrogen) atoms. The monoisotopic (exact) mass is 382 g/mol. The normalized spacial score (nSPS) is 15.2. The van der Waals surface area contributed by atoms with Crippen molar-refractivity contribution < 1.29 is 4.74 Å². The van der Waals surface area contributed by atoms with Crippen molar-refractivity contribution >= 4 is 32.1 Å². The number of hydrogen-bond donors (Lipinski definition) is 1. The number of rotatable bonds is 2. The third-order valence-corrected chi connectivity index (χ3v) is 7.29. The molecule has 0 unspecified atom stereocenters. The molecule has 1 aliphatic heterocycles. The van der Waals surface area contributed by atoms with E-state index >= 15 is 0 Å². The Bertz CT molecular complexity index is 1040. The van der Waals surface area contributed by atoms with Crippen molar-refractivity contribution in [1.82, 2.24) is 0 Å². The minimum Gasteiger partial charge on any atom is -0.495 e. The van der Waals surface area contributed by atoms with E-state index in [-0.39, 0.29) is 5.54 Å². The molecule has 0 saturated heterocycles. The summed E-state index contributed by atoms with van der Waals surface area (Å²) < 4.78 is 6.73. The summed E-state index contributed by atoms with van der Waals surface area (Å²) in [4.78, 5) is 6.29. The largest absolute Gasteiger partial charge is 0.495 e. The van der Waals surface area contributed by atoms with Crippen LogP contribution in [0.3, 0.4) is 0 Å². The van der Waals surface area contributed by atoms with Gasteiger partial charge in [-0.2, -0.15) is 0 Å². The Hall–Kier alpha value is -2.11. The van der Waals surface area contributed by atoms with Gasteiger partial charge in [-0.1, -0.05) is 38.4 Å². The summed E-state index contributed by atoms with van der Waals surface area (Å²) in [6.45, 7) is 8.63. The molecule has 0 spiro atoms. The zero-order chi connectivity index (χ0) is 18.5. The van der Waals surface area contributed by atoms with Crippen molar-refractivity contribution in [2.75, 3.05) is 12.4 Å². The summed E-state index contributed by atoms with van der Waals surface area (Å²) in [6.07, 6.45) is 0. The number of aryl methyl sites for hydroxylation is 2. The van der Waals surface area contributed by atoms with Crippen LogP contribution in [-0.4, -0.2) is 7.11 Å². The lowest BCUT2D eigenvalue weighted by Gasteiger charge is -2.34. The molecule has 3 nitrogen and oxygen atoms in total. The highest BCUT2D eigenvalue weighted by Crippen LogP contribution is 2.49. The van der Waals surface area contributed by atoms with Crippen LogP contribution in [0.25, 0.3) is 11.1 Å². The second-order valence-corrected chi connectivity index (χ2v) is 9.39. The number of hydrogen-bond acceptors (Lipinski definition) is 5. The molecule has 0 atom stereocenters. The van der Waals surface area contributed by atoms with Crippen molar-refractivity contribution in [3.63, 3.8) is 0 Å². The predicted octanol–water partition coefficient (Wildman–Crippen LogP) is 6.00. The van der Waals surface area contributed by atoms with Crippen LogP contribution in [0.2, 0.25) is 0 Å². The Morgan fingerprint density at radius 3 is 2.42 bits per heavy atom. The second-order valence-electron chi connectivity index (χ2n) is 7.26. The summed E-state index contributed by atoms with van der Waals surface area (Å²) in [5.74, 6) is 0.885. The quantitative estimate of drug-likeness (QED) is 0.552. The molecule has 0 amide bonds. The molecule has 1 aliphatic rings. The van der Waals surface area contributed by atoms with E-state index in [0.29, 0.717) is 0 Å². The van der Waals surface area contributed by atoms with Crippen LogP contribution in [-0.2, 0) is 5.54 Å². The maximum Gasteiger partial charge on any atom is 0.142 e. The van der Waals surface area contributed by atoms with Gasteiger partial charge in [-0.25, -0.2) is 4.99 Å². The Morgan fingerprint density at radius 1 is 1.00 bits per heavy atom. The fourth-order valence-electron chi connectivity index (χ4n) is 3.34. The highest BCUT2D eigenvalue weighted by Gasteiger charge is 2.35. The van der Waals surface area contributed by atoms with Gasteiger partial charge in [-0.05, 0) is 57.5 Å². The lowest BCUT2D eigenvalue weighted by molar-refractivity contribution is 0.414. The van der Waals surface area contributed by atoms with Gasteiger partial charge >= 0.3 is 0 Å². The molecule has 0 fully saturated rings. The van der Waals surface area contributed by atoms with Crippen LogP contribution < -0.4 is 14.7 Å². The minimum absolute atomic E-state index is 0.160. The van der Waals surface area contributed by atoms with Crippen LogP contribution in [0, 0.1) is 13.8 Å². The highest BCUT2D eigenvalue weighted by atomic mass is 32.9. The van der Waals surface area contributed by atoms with E-state index in [1.54, 1.807) is 17.5 Å². The molecule has 0 radical (unpaired) electrons. The first-order valence-electron chi connectivity index (χ1n) is 8.61. The predicted molar refractivity (Wildman–Crippen MR) is 112 cm³/mol. The molecule has 1 aromatic heterocycles. The molecular weight excluding hydrogens is 360 g/mol. The average Bonchev–Trinajstić information content (AvgIpc) is 3.02. The molecule has 0 aliphatic carbocycles. The Labute approximate surface area is 161 Å². The molecular formula is C21H22N2OS2. The standard InChI is InChI=1S/C21H22N2OS2/c1-12-6-8-14(9-7-12)22-20-17-15-10-13(2)11-16(24-5)18(15)23-21(3,4)19(17)25-26-20/h6-11,23H,1-5H3. The lowest BCUT2D eigenvalue weighted by Crippen LogP contribution is -2.32. The van der Waals surface area contributed by atoms with Gasteiger partial charge in [0.25, 0.3) is 0 Å². The molecule has 0 saturated carbocycles. The molecule has 1 N–H and O–H groups in total. The van der Waals surface area contributed by atoms with Crippen LogP contribution >= 0.6 is 20.7 Å². The van der Waals surface area contributed by atoms with Gasteiger partial charge in [0.05, 0.1) is 28.9 Å². The van der Waals surface area contributed by atoms with Crippen LogP contribution in [0.5, 0.6) is 5.75 Å². The number of fused-ring (bicyclic) bond motifs is 3. The Balaban J connectivity index is 2.00. The fraction of sp³-hybridized carbons (Fsp3) is 0.286. The van der Waals surface area contributed by atoms with Crippen molar-refractivity contribution in [1.29, 1.82) is 0 Å². The van der Waals surface area contributed by atoms with Crippen LogP contribution in [0.15, 0.2) is 41.4 Å². The lowest BCUT2D eigenvalue weighted by atomic mass is 9.88. The second kappa shape index (κ2) is 6.25. The third kappa shape index (κ3) is 2.85. The van der Waals surface area contributed by atoms with E-state index in [1.807, 2.05) is 10.3 Å². The molecule has 5 heteroatoms. The van der Waals surface area contributed by atoms with E-state index in [2.05, 4.69) is 69.4 Å². The zero-order valence-electron chi connectivity index (χ0n) is 15.6. The summed E-state index contributed by atoms with van der Waals surface area (Å²) in [5, 5.41) is 3.67. The van der Waals surface area contributed by atoms with Gasteiger partial charge in [0.15, 0.2) is 0 Å². The van der Waals surface area contributed by atoms with Gasteiger partial charge < -0.3 is 10.1 Å². The molecule has 0 bridgehead atoms. The summed E-state index contributed by atoms with van der Waals surface area (Å²) >= 11 is 0.